The van der Waals surface area contributed by atoms with E-state index in [1.807, 2.05) is 88.4 Å². The molecular weight excluding hydrogens is 465 g/mol. The normalized spacial score (nSPS) is 9.96. The van der Waals surface area contributed by atoms with Gasteiger partial charge in [0.15, 0.2) is 0 Å². The van der Waals surface area contributed by atoms with Crippen molar-refractivity contribution in [1.29, 1.82) is 0 Å². The molecule has 0 aromatic heterocycles. The molecule has 0 atom stereocenters. The third-order valence-electron chi connectivity index (χ3n) is 1.89. The van der Waals surface area contributed by atoms with Crippen LogP contribution in [0.2, 0.25) is 0 Å². The average molecular weight is 489 g/mol. The average Bonchev–Trinajstić information content (AvgIpc) is 2.49. The van der Waals surface area contributed by atoms with E-state index in [4.69, 9.17) is 33.1 Å². The maximum atomic E-state index is 5.27. The molecule has 0 saturated heterocycles. The first-order chi connectivity index (χ1) is 10.8. The summed E-state index contributed by atoms with van der Waals surface area (Å²) in [6.07, 6.45) is 0.106. The number of hydrogen-bond acceptors (Lipinski definition) is 4. The molecule has 0 aliphatic carbocycles. The monoisotopic (exact) mass is 488 g/mol. The molecule has 24 heavy (non-hydrogen) atoms. The van der Waals surface area contributed by atoms with Crippen molar-refractivity contribution in [3.8, 4) is 0 Å². The van der Waals surface area contributed by atoms with E-state index >= 15 is 0 Å². The van der Waals surface area contributed by atoms with E-state index in [2.05, 4.69) is 12.1 Å². The molecule has 2 nitrogen and oxygen atoms in total. The molecule has 2 aromatic carbocycles. The fourth-order valence-electron chi connectivity index (χ4n) is 1.23. The van der Waals surface area contributed by atoms with Crippen molar-refractivity contribution in [1.82, 2.24) is 0 Å². The summed E-state index contributed by atoms with van der Waals surface area (Å²) >= 11 is 9.95. The van der Waals surface area contributed by atoms with Crippen LogP contribution in [0, 0.1) is 12.1 Å². The molecular formula is C18H24O2PS2Sb. The Morgan fingerprint density at radius 1 is 0.750 bits per heavy atom. The largest absolute Gasteiger partial charge is 3.00 e. The first-order valence-corrected chi connectivity index (χ1v) is 11.0. The third kappa shape index (κ3) is 20.2. The van der Waals surface area contributed by atoms with Crippen LogP contribution in [0.4, 0.5) is 0 Å². The quantitative estimate of drug-likeness (QED) is 0.254. The van der Waals surface area contributed by atoms with Gasteiger partial charge in [-0.3, -0.25) is 0 Å². The Morgan fingerprint density at radius 3 is 1.17 bits per heavy atom. The Bertz CT molecular complexity index is 426. The van der Waals surface area contributed by atoms with E-state index in [1.165, 1.54) is 0 Å². The fraction of sp³-hybridized carbons (Fsp3) is 0.333. The number of rotatable bonds is 4. The zero-order valence-corrected chi connectivity index (χ0v) is 19.5. The molecule has 0 unspecified atom stereocenters. The van der Waals surface area contributed by atoms with Crippen molar-refractivity contribution in [3.63, 3.8) is 0 Å². The van der Waals surface area contributed by atoms with Crippen LogP contribution < -0.4 is 0 Å². The number of hydrogen-bond donors (Lipinski definition) is 0. The van der Waals surface area contributed by atoms with Gasteiger partial charge in [0.25, 0.3) is 0 Å². The maximum absolute atomic E-state index is 5.27. The molecule has 2 aromatic rings. The summed E-state index contributed by atoms with van der Waals surface area (Å²) < 4.78 is 10.5. The van der Waals surface area contributed by atoms with Crippen molar-refractivity contribution < 1.29 is 9.05 Å². The SMILES string of the molecule is CC(C)OP(=S)([S-])OC(C)C.[Sb+3].[c-]1ccccc1.[c-]1ccccc1. The summed E-state index contributed by atoms with van der Waals surface area (Å²) in [5.41, 5.74) is -2.39. The van der Waals surface area contributed by atoms with Gasteiger partial charge >= 0.3 is 24.4 Å². The molecule has 0 heterocycles. The molecule has 130 valence electrons. The van der Waals surface area contributed by atoms with Gasteiger partial charge in [0.05, 0.1) is 17.9 Å². The predicted molar refractivity (Wildman–Crippen MR) is 110 cm³/mol. The Labute approximate surface area is 175 Å². The minimum atomic E-state index is -2.39. The van der Waals surface area contributed by atoms with Gasteiger partial charge in [0.1, 0.15) is 0 Å². The number of benzene rings is 2. The topological polar surface area (TPSA) is 18.5 Å². The Morgan fingerprint density at radius 2 is 1.04 bits per heavy atom. The van der Waals surface area contributed by atoms with Crippen LogP contribution >= 0.6 is 5.69 Å². The van der Waals surface area contributed by atoms with E-state index in [0.717, 1.165) is 0 Å². The molecule has 0 bridgehead atoms. The van der Waals surface area contributed by atoms with E-state index in [1.54, 1.807) is 0 Å². The van der Waals surface area contributed by atoms with Crippen molar-refractivity contribution in [2.45, 2.75) is 39.9 Å². The van der Waals surface area contributed by atoms with Crippen LogP contribution in [-0.4, -0.2) is 36.6 Å². The van der Waals surface area contributed by atoms with Crippen LogP contribution in [0.15, 0.2) is 60.7 Å². The molecule has 2 rings (SSSR count). The zero-order chi connectivity index (χ0) is 17.6. The van der Waals surface area contributed by atoms with Crippen LogP contribution in [0.1, 0.15) is 27.7 Å². The van der Waals surface area contributed by atoms with Crippen molar-refractivity contribution in [3.05, 3.63) is 72.8 Å². The minimum Gasteiger partial charge on any atom is -0.691 e. The molecule has 0 aliphatic rings. The summed E-state index contributed by atoms with van der Waals surface area (Å²) in [5.74, 6) is 0. The third-order valence-corrected chi connectivity index (χ3v) is 4.29. The second-order valence-electron chi connectivity index (χ2n) is 4.91. The van der Waals surface area contributed by atoms with Gasteiger partial charge in [-0.1, -0.05) is 11.8 Å². The Kier molecular flexibility index (Phi) is 18.3. The van der Waals surface area contributed by atoms with E-state index in [-0.39, 0.29) is 36.6 Å². The smallest absolute Gasteiger partial charge is 0.691 e. The van der Waals surface area contributed by atoms with Crippen molar-refractivity contribution >= 4 is 54.2 Å². The van der Waals surface area contributed by atoms with E-state index in [9.17, 15) is 0 Å². The Hall–Kier alpha value is 0.178. The van der Waals surface area contributed by atoms with Crippen LogP contribution in [0.3, 0.4) is 0 Å². The summed E-state index contributed by atoms with van der Waals surface area (Å²) in [6.45, 7) is 7.60. The van der Waals surface area contributed by atoms with Gasteiger partial charge in [0, 0.05) is 0 Å². The molecule has 0 fully saturated rings. The minimum absolute atomic E-state index is 0. The molecule has 6 heteroatoms. The van der Waals surface area contributed by atoms with Crippen molar-refractivity contribution in [2.75, 3.05) is 0 Å². The first kappa shape index (κ1) is 26.4. The predicted octanol–water partition coefficient (Wildman–Crippen LogP) is 5.20. The van der Waals surface area contributed by atoms with Gasteiger partial charge in [0.2, 0.25) is 0 Å². The molecule has 2 radical (unpaired) electrons. The summed E-state index contributed by atoms with van der Waals surface area (Å²) in [5, 5.41) is 0. The van der Waals surface area contributed by atoms with Gasteiger partial charge in [-0.2, -0.15) is 72.8 Å². The second-order valence-corrected chi connectivity index (χ2v) is 9.80. The fourth-order valence-corrected chi connectivity index (χ4v) is 4.37. The van der Waals surface area contributed by atoms with Gasteiger partial charge < -0.3 is 21.3 Å². The molecule has 0 aliphatic heterocycles. The van der Waals surface area contributed by atoms with Gasteiger partial charge in [-0.05, 0) is 27.7 Å². The van der Waals surface area contributed by atoms with E-state index in [0.29, 0.717) is 0 Å². The first-order valence-electron chi connectivity index (χ1n) is 7.33. The second kappa shape index (κ2) is 16.6. The molecule has 0 amide bonds. The molecule has 0 saturated carbocycles. The maximum Gasteiger partial charge on any atom is 3.00 e. The zero-order valence-electron chi connectivity index (χ0n) is 14.5. The van der Waals surface area contributed by atoms with Crippen LogP contribution in [-0.2, 0) is 33.1 Å². The Balaban J connectivity index is 0. The standard InChI is InChI=1S/C6H15O2PS2.2C6H5.Sb/c1-5(2)7-9(10,11)8-6(3)4;2*1-2-4-6-5-3-1;/h5-6H,1-4H3,(H,10,11);2*1-5H;/q;2*-1;+3/p-1. The molecule has 0 spiro atoms. The van der Waals surface area contributed by atoms with E-state index < -0.39 is 5.69 Å². The van der Waals surface area contributed by atoms with Crippen molar-refractivity contribution in [2.24, 2.45) is 0 Å². The van der Waals surface area contributed by atoms with Crippen LogP contribution in [0.25, 0.3) is 0 Å². The summed E-state index contributed by atoms with van der Waals surface area (Å²) in [7, 11) is 0. The summed E-state index contributed by atoms with van der Waals surface area (Å²) in [6, 6.07) is 25.0. The van der Waals surface area contributed by atoms with Gasteiger partial charge in [-0.15, -0.1) is 0 Å². The molecule has 0 N–H and O–H groups in total. The van der Waals surface area contributed by atoms with Gasteiger partial charge in [-0.25, -0.2) is 0 Å². The van der Waals surface area contributed by atoms with Crippen LogP contribution in [0.5, 0.6) is 0 Å². The summed E-state index contributed by atoms with van der Waals surface area (Å²) in [4.78, 5) is 0.